The van der Waals surface area contributed by atoms with E-state index in [1.807, 2.05) is 4.90 Å². The first kappa shape index (κ1) is 12.5. The van der Waals surface area contributed by atoms with Gasteiger partial charge in [0.1, 0.15) is 6.10 Å². The maximum absolute atomic E-state index is 12.0. The fraction of sp³-hybridized carbons (Fsp3) is 0.909. The molecular weight excluding hydrogens is 192 g/mol. The minimum atomic E-state index is -0.344. The second-order valence-corrected chi connectivity index (χ2v) is 4.40. The molecule has 4 heteroatoms. The Balaban J connectivity index is 2.61. The minimum Gasteiger partial charge on any atom is -0.372 e. The molecule has 3 atom stereocenters. The number of amides is 1. The monoisotopic (exact) mass is 214 g/mol. The van der Waals surface area contributed by atoms with Crippen molar-refractivity contribution in [2.24, 2.45) is 11.7 Å². The zero-order valence-electron chi connectivity index (χ0n) is 9.90. The Morgan fingerprint density at radius 2 is 2.27 bits per heavy atom. The standard InChI is InChI=1S/C11H22N2O2/c1-8-4-5-10(6-12)7-13(8)11(14)9(2)15-3/h8-10H,4-7,12H2,1-3H3. The highest BCUT2D eigenvalue weighted by atomic mass is 16.5. The summed E-state index contributed by atoms with van der Waals surface area (Å²) in [7, 11) is 1.57. The number of nitrogens with two attached hydrogens (primary N) is 1. The van der Waals surface area contributed by atoms with Gasteiger partial charge in [-0.05, 0) is 39.2 Å². The number of likely N-dealkylation sites (tertiary alicyclic amines) is 1. The molecule has 0 radical (unpaired) electrons. The van der Waals surface area contributed by atoms with Gasteiger partial charge >= 0.3 is 0 Å². The van der Waals surface area contributed by atoms with Gasteiger partial charge in [-0.25, -0.2) is 0 Å². The predicted molar refractivity (Wildman–Crippen MR) is 59.4 cm³/mol. The van der Waals surface area contributed by atoms with Gasteiger partial charge < -0.3 is 15.4 Å². The van der Waals surface area contributed by atoms with Crippen LogP contribution in [0.3, 0.4) is 0 Å². The molecule has 0 aromatic carbocycles. The number of rotatable bonds is 3. The SMILES string of the molecule is COC(C)C(=O)N1CC(CN)CCC1C. The zero-order valence-corrected chi connectivity index (χ0v) is 9.90. The third-order valence-corrected chi connectivity index (χ3v) is 3.30. The molecule has 1 rings (SSSR count). The van der Waals surface area contributed by atoms with Gasteiger partial charge in [-0.15, -0.1) is 0 Å². The van der Waals surface area contributed by atoms with Crippen LogP contribution >= 0.6 is 0 Å². The molecule has 1 fully saturated rings. The van der Waals surface area contributed by atoms with Gasteiger partial charge in [0, 0.05) is 19.7 Å². The minimum absolute atomic E-state index is 0.0863. The van der Waals surface area contributed by atoms with Gasteiger partial charge in [-0.1, -0.05) is 0 Å². The van der Waals surface area contributed by atoms with Crippen molar-refractivity contribution in [3.8, 4) is 0 Å². The topological polar surface area (TPSA) is 55.6 Å². The first-order valence-corrected chi connectivity index (χ1v) is 5.63. The van der Waals surface area contributed by atoms with Gasteiger partial charge in [0.15, 0.2) is 0 Å². The maximum atomic E-state index is 12.0. The number of hydrogen-bond donors (Lipinski definition) is 1. The Morgan fingerprint density at radius 3 is 2.80 bits per heavy atom. The van der Waals surface area contributed by atoms with Crippen LogP contribution in [0.15, 0.2) is 0 Å². The van der Waals surface area contributed by atoms with E-state index in [9.17, 15) is 4.79 Å². The lowest BCUT2D eigenvalue weighted by atomic mass is 9.93. The molecular formula is C11H22N2O2. The van der Waals surface area contributed by atoms with Crippen LogP contribution in [0.1, 0.15) is 26.7 Å². The van der Waals surface area contributed by atoms with Crippen LogP contribution in [0.4, 0.5) is 0 Å². The van der Waals surface area contributed by atoms with Gasteiger partial charge in [-0.3, -0.25) is 4.79 Å². The number of ether oxygens (including phenoxy) is 1. The molecule has 1 aliphatic rings. The molecule has 1 saturated heterocycles. The molecule has 88 valence electrons. The van der Waals surface area contributed by atoms with Crippen LogP contribution in [-0.4, -0.2) is 43.2 Å². The van der Waals surface area contributed by atoms with Crippen molar-refractivity contribution >= 4 is 5.91 Å². The molecule has 0 saturated carbocycles. The molecule has 0 aliphatic carbocycles. The summed E-state index contributed by atoms with van der Waals surface area (Å²) >= 11 is 0. The Labute approximate surface area is 91.8 Å². The van der Waals surface area contributed by atoms with E-state index in [1.54, 1.807) is 14.0 Å². The Kier molecular flexibility index (Phi) is 4.54. The average Bonchev–Trinajstić information content (AvgIpc) is 2.27. The lowest BCUT2D eigenvalue weighted by molar-refractivity contribution is -0.145. The van der Waals surface area contributed by atoms with Crippen molar-refractivity contribution in [1.29, 1.82) is 0 Å². The summed E-state index contributed by atoms with van der Waals surface area (Å²) in [5.74, 6) is 0.539. The Morgan fingerprint density at radius 1 is 1.60 bits per heavy atom. The van der Waals surface area contributed by atoms with Crippen LogP contribution in [0.2, 0.25) is 0 Å². The highest BCUT2D eigenvalue weighted by Gasteiger charge is 2.30. The molecule has 3 unspecified atom stereocenters. The fourth-order valence-electron chi connectivity index (χ4n) is 2.02. The molecule has 4 nitrogen and oxygen atoms in total. The fourth-order valence-corrected chi connectivity index (χ4v) is 2.02. The van der Waals surface area contributed by atoms with E-state index in [4.69, 9.17) is 10.5 Å². The molecule has 2 N–H and O–H groups in total. The summed E-state index contributed by atoms with van der Waals surface area (Å²) in [5, 5.41) is 0. The normalized spacial score (nSPS) is 28.9. The number of piperidine rings is 1. The highest BCUT2D eigenvalue weighted by molar-refractivity contribution is 5.80. The van der Waals surface area contributed by atoms with Crippen LogP contribution < -0.4 is 5.73 Å². The number of carbonyl (C=O) groups is 1. The van der Waals surface area contributed by atoms with Crippen molar-refractivity contribution in [3.63, 3.8) is 0 Å². The van der Waals surface area contributed by atoms with Crippen LogP contribution in [0.5, 0.6) is 0 Å². The van der Waals surface area contributed by atoms with Crippen molar-refractivity contribution in [3.05, 3.63) is 0 Å². The lowest BCUT2D eigenvalue weighted by Crippen LogP contribution is -2.50. The molecule has 1 heterocycles. The second-order valence-electron chi connectivity index (χ2n) is 4.40. The highest BCUT2D eigenvalue weighted by Crippen LogP contribution is 2.22. The number of nitrogens with zero attached hydrogens (tertiary/aromatic N) is 1. The first-order valence-electron chi connectivity index (χ1n) is 5.63. The third kappa shape index (κ3) is 2.92. The lowest BCUT2D eigenvalue weighted by Gasteiger charge is -2.38. The van der Waals surface area contributed by atoms with E-state index in [2.05, 4.69) is 6.92 Å². The number of methoxy groups -OCH3 is 1. The summed E-state index contributed by atoms with van der Waals surface area (Å²) in [5.41, 5.74) is 5.65. The number of hydrogen-bond acceptors (Lipinski definition) is 3. The van der Waals surface area contributed by atoms with Crippen LogP contribution in [0.25, 0.3) is 0 Å². The van der Waals surface area contributed by atoms with Crippen LogP contribution in [0, 0.1) is 5.92 Å². The summed E-state index contributed by atoms with van der Waals surface area (Å²) < 4.78 is 5.06. The van der Waals surface area contributed by atoms with Gasteiger partial charge in [0.05, 0.1) is 0 Å². The molecule has 0 aromatic rings. The zero-order chi connectivity index (χ0) is 11.4. The summed E-state index contributed by atoms with van der Waals surface area (Å²) in [6, 6.07) is 0.317. The maximum Gasteiger partial charge on any atom is 0.251 e. The van der Waals surface area contributed by atoms with E-state index < -0.39 is 0 Å². The van der Waals surface area contributed by atoms with E-state index in [0.29, 0.717) is 18.5 Å². The van der Waals surface area contributed by atoms with E-state index >= 15 is 0 Å². The van der Waals surface area contributed by atoms with Gasteiger partial charge in [-0.2, -0.15) is 0 Å². The van der Waals surface area contributed by atoms with E-state index in [1.165, 1.54) is 0 Å². The number of carbonyl (C=O) groups excluding carboxylic acids is 1. The first-order chi connectivity index (χ1) is 7.10. The largest absolute Gasteiger partial charge is 0.372 e. The van der Waals surface area contributed by atoms with Crippen molar-refractivity contribution in [1.82, 2.24) is 4.90 Å². The molecule has 15 heavy (non-hydrogen) atoms. The van der Waals surface area contributed by atoms with Crippen molar-refractivity contribution in [2.75, 3.05) is 20.2 Å². The third-order valence-electron chi connectivity index (χ3n) is 3.30. The van der Waals surface area contributed by atoms with E-state index in [0.717, 1.165) is 19.4 Å². The van der Waals surface area contributed by atoms with Crippen LogP contribution in [-0.2, 0) is 9.53 Å². The van der Waals surface area contributed by atoms with Gasteiger partial charge in [0.25, 0.3) is 5.91 Å². The van der Waals surface area contributed by atoms with Crippen molar-refractivity contribution in [2.45, 2.75) is 38.8 Å². The average molecular weight is 214 g/mol. The molecule has 1 aliphatic heterocycles. The smallest absolute Gasteiger partial charge is 0.251 e. The van der Waals surface area contributed by atoms with Gasteiger partial charge in [0.2, 0.25) is 0 Å². The quantitative estimate of drug-likeness (QED) is 0.749. The van der Waals surface area contributed by atoms with E-state index in [-0.39, 0.29) is 12.0 Å². The molecule has 0 aromatic heterocycles. The summed E-state index contributed by atoms with van der Waals surface area (Å²) in [6.45, 7) is 5.33. The Hall–Kier alpha value is -0.610. The second kappa shape index (κ2) is 5.47. The molecule has 0 bridgehead atoms. The summed E-state index contributed by atoms with van der Waals surface area (Å²) in [6.07, 6.45) is 1.83. The Bertz CT molecular complexity index is 221. The predicted octanol–water partition coefficient (Wildman–Crippen LogP) is 0.607. The summed E-state index contributed by atoms with van der Waals surface area (Å²) in [4.78, 5) is 13.9. The molecule has 1 amide bonds. The molecule has 0 spiro atoms. The van der Waals surface area contributed by atoms with Crippen molar-refractivity contribution < 1.29 is 9.53 Å².